The number of aromatic carboxylic acids is 1. The summed E-state index contributed by atoms with van der Waals surface area (Å²) in [6, 6.07) is 2.25. The highest BCUT2D eigenvalue weighted by Crippen LogP contribution is 2.21. The lowest BCUT2D eigenvalue weighted by molar-refractivity contribution is 0.0688. The van der Waals surface area contributed by atoms with Crippen LogP contribution in [0.15, 0.2) is 6.07 Å². The summed E-state index contributed by atoms with van der Waals surface area (Å²) in [4.78, 5) is 24.2. The van der Waals surface area contributed by atoms with Crippen molar-refractivity contribution in [3.05, 3.63) is 11.8 Å². The highest BCUT2D eigenvalue weighted by molar-refractivity contribution is 5.86. The molecular weight excluding hydrogens is 310 g/mol. The molecule has 2 atom stereocenters. The van der Waals surface area contributed by atoms with Crippen molar-refractivity contribution < 1.29 is 14.6 Å². The van der Waals surface area contributed by atoms with Crippen molar-refractivity contribution in [3.8, 4) is 6.01 Å². The van der Waals surface area contributed by atoms with Gasteiger partial charge in [-0.3, -0.25) is 0 Å². The van der Waals surface area contributed by atoms with E-state index in [-0.39, 0.29) is 17.7 Å². The van der Waals surface area contributed by atoms with Gasteiger partial charge in [0.05, 0.1) is 0 Å². The number of nitrogens with one attached hydrogen (secondary N) is 1. The van der Waals surface area contributed by atoms with Crippen LogP contribution in [0.4, 0.5) is 5.82 Å². The Bertz CT molecular complexity index is 597. The molecule has 0 bridgehead atoms. The van der Waals surface area contributed by atoms with Gasteiger partial charge in [0.1, 0.15) is 12.4 Å². The maximum Gasteiger partial charge on any atom is 0.354 e. The van der Waals surface area contributed by atoms with Crippen molar-refractivity contribution in [3.63, 3.8) is 0 Å². The number of aromatic nitrogens is 2. The van der Waals surface area contributed by atoms with Crippen molar-refractivity contribution in [2.75, 3.05) is 44.7 Å². The molecule has 0 aromatic carbocycles. The molecule has 1 aromatic heterocycles. The second kappa shape index (κ2) is 7.31. The minimum Gasteiger partial charge on any atom is -0.477 e. The molecule has 24 heavy (non-hydrogen) atoms. The number of rotatable bonds is 5. The van der Waals surface area contributed by atoms with Crippen LogP contribution >= 0.6 is 0 Å². The Morgan fingerprint density at radius 3 is 2.96 bits per heavy atom. The van der Waals surface area contributed by atoms with Gasteiger partial charge in [-0.1, -0.05) is 0 Å². The van der Waals surface area contributed by atoms with Gasteiger partial charge in [0.15, 0.2) is 5.69 Å². The fourth-order valence-electron chi connectivity index (χ4n) is 3.28. The molecule has 0 aliphatic carbocycles. The third-order valence-corrected chi connectivity index (χ3v) is 4.78. The Labute approximate surface area is 141 Å². The van der Waals surface area contributed by atoms with Crippen LogP contribution in [0.5, 0.6) is 6.01 Å². The third kappa shape index (κ3) is 3.76. The number of likely N-dealkylation sites (tertiary alicyclic amines) is 1. The van der Waals surface area contributed by atoms with Crippen LogP contribution in [0.1, 0.15) is 30.3 Å². The molecule has 132 valence electrons. The molecule has 8 nitrogen and oxygen atoms in total. The van der Waals surface area contributed by atoms with Crippen molar-refractivity contribution in [2.45, 2.75) is 31.8 Å². The molecule has 2 saturated heterocycles. The Kier molecular flexibility index (Phi) is 5.15. The van der Waals surface area contributed by atoms with Crippen molar-refractivity contribution in [2.24, 2.45) is 0 Å². The molecule has 0 radical (unpaired) electrons. The van der Waals surface area contributed by atoms with Crippen LogP contribution in [0.2, 0.25) is 0 Å². The molecule has 1 aromatic rings. The Balaban J connectivity index is 1.78. The van der Waals surface area contributed by atoms with Gasteiger partial charge in [-0.2, -0.15) is 9.97 Å². The lowest BCUT2D eigenvalue weighted by Gasteiger charge is -2.35. The molecule has 3 rings (SSSR count). The lowest BCUT2D eigenvalue weighted by atomic mass is 10.2. The molecule has 3 heterocycles. The number of piperazine rings is 1. The molecule has 2 unspecified atom stereocenters. The second-order valence-corrected chi connectivity index (χ2v) is 6.53. The molecule has 0 saturated carbocycles. The summed E-state index contributed by atoms with van der Waals surface area (Å²) >= 11 is 0. The average Bonchev–Trinajstić information content (AvgIpc) is 2.98. The van der Waals surface area contributed by atoms with E-state index in [1.807, 2.05) is 0 Å². The first-order valence-electron chi connectivity index (χ1n) is 8.47. The van der Waals surface area contributed by atoms with Crippen LogP contribution in [-0.2, 0) is 0 Å². The Morgan fingerprint density at radius 1 is 1.46 bits per heavy atom. The predicted molar refractivity (Wildman–Crippen MR) is 89.8 cm³/mol. The molecule has 2 aliphatic rings. The minimum absolute atomic E-state index is 0.0273. The van der Waals surface area contributed by atoms with E-state index in [0.29, 0.717) is 18.5 Å². The van der Waals surface area contributed by atoms with Gasteiger partial charge in [-0.05, 0) is 33.4 Å². The molecular formula is C16H25N5O3. The highest BCUT2D eigenvalue weighted by Gasteiger charge is 2.24. The van der Waals surface area contributed by atoms with Gasteiger partial charge < -0.3 is 25.0 Å². The number of hydrogen-bond acceptors (Lipinski definition) is 7. The Morgan fingerprint density at radius 2 is 2.29 bits per heavy atom. The molecule has 2 N–H and O–H groups in total. The monoisotopic (exact) mass is 335 g/mol. The predicted octanol–water partition coefficient (Wildman–Crippen LogP) is 0.446. The number of ether oxygens (including phenoxy) is 1. The highest BCUT2D eigenvalue weighted by atomic mass is 16.5. The SMILES string of the molecule is CC1CNCCN1c1cc(C(=O)O)nc(OCC2CCCN2C)n1. The summed E-state index contributed by atoms with van der Waals surface area (Å²) in [5.41, 5.74) is -0.0273. The van der Waals surface area contributed by atoms with Crippen molar-refractivity contribution in [1.82, 2.24) is 20.2 Å². The summed E-state index contributed by atoms with van der Waals surface area (Å²) < 4.78 is 5.75. The average molecular weight is 335 g/mol. The van der Waals surface area contributed by atoms with E-state index in [1.54, 1.807) is 0 Å². The van der Waals surface area contributed by atoms with Gasteiger partial charge >= 0.3 is 12.0 Å². The zero-order valence-corrected chi connectivity index (χ0v) is 14.2. The zero-order valence-electron chi connectivity index (χ0n) is 14.2. The van der Waals surface area contributed by atoms with Crippen LogP contribution in [0.25, 0.3) is 0 Å². The van der Waals surface area contributed by atoms with Gasteiger partial charge in [-0.25, -0.2) is 4.79 Å². The summed E-state index contributed by atoms with van der Waals surface area (Å²) in [5, 5.41) is 12.7. The van der Waals surface area contributed by atoms with Gasteiger partial charge in [0.2, 0.25) is 0 Å². The number of hydrogen-bond donors (Lipinski definition) is 2. The number of likely N-dealkylation sites (N-methyl/N-ethyl adjacent to an activating group) is 1. The summed E-state index contributed by atoms with van der Waals surface area (Å²) in [5.74, 6) is -0.449. The number of carboxylic acids is 1. The van der Waals surface area contributed by atoms with Gasteiger partial charge in [0, 0.05) is 37.8 Å². The molecule has 0 amide bonds. The quantitative estimate of drug-likeness (QED) is 0.801. The lowest BCUT2D eigenvalue weighted by Crippen LogP contribution is -2.50. The number of nitrogens with zero attached hydrogens (tertiary/aromatic N) is 4. The van der Waals surface area contributed by atoms with E-state index >= 15 is 0 Å². The van der Waals surface area contributed by atoms with E-state index in [0.717, 1.165) is 39.0 Å². The third-order valence-electron chi connectivity index (χ3n) is 4.78. The van der Waals surface area contributed by atoms with Crippen molar-refractivity contribution >= 4 is 11.8 Å². The maximum absolute atomic E-state index is 11.4. The Hall–Kier alpha value is -1.93. The van der Waals surface area contributed by atoms with E-state index in [1.165, 1.54) is 6.07 Å². The first-order valence-corrected chi connectivity index (χ1v) is 8.47. The number of carbonyl (C=O) groups is 1. The van der Waals surface area contributed by atoms with E-state index < -0.39 is 5.97 Å². The molecule has 2 fully saturated rings. The first-order chi connectivity index (χ1) is 11.5. The zero-order chi connectivity index (χ0) is 17.1. The van der Waals surface area contributed by atoms with E-state index in [4.69, 9.17) is 4.74 Å². The maximum atomic E-state index is 11.4. The molecule has 0 spiro atoms. The van der Waals surface area contributed by atoms with Crippen LogP contribution < -0.4 is 15.0 Å². The molecule has 2 aliphatic heterocycles. The van der Waals surface area contributed by atoms with Crippen LogP contribution in [-0.4, -0.2) is 77.9 Å². The van der Waals surface area contributed by atoms with Crippen LogP contribution in [0.3, 0.4) is 0 Å². The van der Waals surface area contributed by atoms with E-state index in [9.17, 15) is 9.90 Å². The minimum atomic E-state index is -1.07. The normalized spacial score (nSPS) is 25.0. The standard InChI is InChI=1S/C16H25N5O3/c1-11-9-17-5-7-21(11)14-8-13(15(22)23)18-16(19-14)24-10-12-4-3-6-20(12)2/h8,11-12,17H,3-7,9-10H2,1-2H3,(H,22,23). The number of carboxylic acid groups (broad SMARTS) is 1. The smallest absolute Gasteiger partial charge is 0.354 e. The first kappa shape index (κ1) is 16.9. The topological polar surface area (TPSA) is 90.8 Å². The van der Waals surface area contributed by atoms with E-state index in [2.05, 4.69) is 39.1 Å². The largest absolute Gasteiger partial charge is 0.477 e. The fraction of sp³-hybridized carbons (Fsp3) is 0.688. The molecule has 8 heteroatoms. The summed E-state index contributed by atoms with van der Waals surface area (Å²) in [6.45, 7) is 6.10. The fourth-order valence-corrected chi connectivity index (χ4v) is 3.28. The van der Waals surface area contributed by atoms with Gasteiger partial charge in [-0.15, -0.1) is 0 Å². The summed E-state index contributed by atoms with van der Waals surface area (Å²) in [6.07, 6.45) is 2.24. The van der Waals surface area contributed by atoms with Crippen LogP contribution in [0, 0.1) is 0 Å². The summed E-state index contributed by atoms with van der Waals surface area (Å²) in [7, 11) is 2.07. The number of anilines is 1. The van der Waals surface area contributed by atoms with Crippen molar-refractivity contribution in [1.29, 1.82) is 0 Å². The van der Waals surface area contributed by atoms with Gasteiger partial charge in [0.25, 0.3) is 0 Å². The second-order valence-electron chi connectivity index (χ2n) is 6.53.